The highest BCUT2D eigenvalue weighted by Gasteiger charge is 2.24. The first-order valence-corrected chi connectivity index (χ1v) is 6.48. The van der Waals surface area contributed by atoms with E-state index >= 15 is 0 Å². The molecule has 1 aromatic heterocycles. The van der Waals surface area contributed by atoms with Crippen molar-refractivity contribution in [1.29, 1.82) is 0 Å². The molecule has 2 rings (SSSR count). The predicted octanol–water partition coefficient (Wildman–Crippen LogP) is 2.66. The molecule has 0 unspecified atom stereocenters. The maximum absolute atomic E-state index is 6.28. The summed E-state index contributed by atoms with van der Waals surface area (Å²) in [4.78, 5) is 4.20. The Labute approximate surface area is 104 Å². The molecule has 0 atom stereocenters. The molecule has 0 spiro atoms. The second-order valence-corrected chi connectivity index (χ2v) is 4.90. The minimum Gasteiger partial charge on any atom is -0.315 e. The van der Waals surface area contributed by atoms with Gasteiger partial charge in [-0.2, -0.15) is 0 Å². The zero-order valence-electron chi connectivity index (χ0n) is 10.5. The lowest BCUT2D eigenvalue weighted by Gasteiger charge is -2.27. The van der Waals surface area contributed by atoms with Gasteiger partial charge in [-0.25, -0.2) is 0 Å². The number of hydrogen-bond acceptors (Lipinski definition) is 2. The van der Waals surface area contributed by atoms with E-state index in [1.165, 1.54) is 24.8 Å². The predicted molar refractivity (Wildman–Crippen MR) is 70.5 cm³/mol. The van der Waals surface area contributed by atoms with E-state index in [2.05, 4.69) is 29.8 Å². The van der Waals surface area contributed by atoms with Crippen LogP contribution in [0.15, 0.2) is 18.5 Å². The summed E-state index contributed by atoms with van der Waals surface area (Å²) in [6.45, 7) is 2.12. The van der Waals surface area contributed by atoms with Crippen LogP contribution in [-0.2, 0) is 6.42 Å². The smallest absolute Gasteiger partial charge is 0.0779 e. The van der Waals surface area contributed by atoms with E-state index in [0.717, 1.165) is 24.8 Å². The van der Waals surface area contributed by atoms with Crippen molar-refractivity contribution >= 4 is 0 Å². The fraction of sp³-hybridized carbons (Fsp3) is 0.533. The molecule has 1 aliphatic rings. The fourth-order valence-corrected chi connectivity index (χ4v) is 2.25. The molecular formula is C15H20N2. The minimum atomic E-state index is -0.263. The van der Waals surface area contributed by atoms with E-state index in [1.54, 1.807) is 0 Å². The normalized spacial score (nSPS) is 18.2. The first-order valence-electron chi connectivity index (χ1n) is 6.48. The molecule has 1 heterocycles. The average Bonchev–Trinajstić information content (AvgIpc) is 2.38. The Morgan fingerprint density at radius 1 is 1.29 bits per heavy atom. The fourth-order valence-electron chi connectivity index (χ4n) is 2.25. The molecule has 17 heavy (non-hydrogen) atoms. The summed E-state index contributed by atoms with van der Waals surface area (Å²) in [6.07, 6.45) is 10.5. The van der Waals surface area contributed by atoms with Crippen molar-refractivity contribution in [2.24, 2.45) is 5.73 Å². The molecule has 0 bridgehead atoms. The molecule has 1 saturated carbocycles. The van der Waals surface area contributed by atoms with Crippen LogP contribution in [-0.4, -0.2) is 10.5 Å². The summed E-state index contributed by atoms with van der Waals surface area (Å²) in [5.41, 5.74) is 8.23. The summed E-state index contributed by atoms with van der Waals surface area (Å²) >= 11 is 0. The van der Waals surface area contributed by atoms with Crippen molar-refractivity contribution in [1.82, 2.24) is 4.98 Å². The number of rotatable bonds is 1. The van der Waals surface area contributed by atoms with E-state index in [-0.39, 0.29) is 5.54 Å². The van der Waals surface area contributed by atoms with Crippen molar-refractivity contribution in [3.8, 4) is 11.8 Å². The second kappa shape index (κ2) is 5.33. The van der Waals surface area contributed by atoms with Crippen LogP contribution in [0.5, 0.6) is 0 Å². The monoisotopic (exact) mass is 228 g/mol. The maximum atomic E-state index is 6.28. The first kappa shape index (κ1) is 12.1. The molecule has 1 aromatic rings. The van der Waals surface area contributed by atoms with Gasteiger partial charge in [-0.15, -0.1) is 0 Å². The largest absolute Gasteiger partial charge is 0.315 e. The summed E-state index contributed by atoms with van der Waals surface area (Å²) in [5.74, 6) is 6.45. The SMILES string of the molecule is CCc1cncc(C#CC2(N)CCCCC2)c1. The van der Waals surface area contributed by atoms with Gasteiger partial charge in [-0.3, -0.25) is 4.98 Å². The first-order chi connectivity index (χ1) is 8.22. The molecule has 2 heteroatoms. The van der Waals surface area contributed by atoms with Gasteiger partial charge in [-0.1, -0.05) is 38.0 Å². The Hall–Kier alpha value is -1.33. The highest BCUT2D eigenvalue weighted by Crippen LogP contribution is 2.25. The van der Waals surface area contributed by atoms with Crippen LogP contribution in [0, 0.1) is 11.8 Å². The molecule has 0 saturated heterocycles. The molecule has 2 nitrogen and oxygen atoms in total. The van der Waals surface area contributed by atoms with E-state index in [1.807, 2.05) is 12.4 Å². The highest BCUT2D eigenvalue weighted by molar-refractivity contribution is 5.37. The molecule has 90 valence electrons. The van der Waals surface area contributed by atoms with E-state index in [9.17, 15) is 0 Å². The van der Waals surface area contributed by atoms with Crippen LogP contribution >= 0.6 is 0 Å². The van der Waals surface area contributed by atoms with Gasteiger partial charge >= 0.3 is 0 Å². The topological polar surface area (TPSA) is 38.9 Å². The summed E-state index contributed by atoms with van der Waals surface area (Å²) in [7, 11) is 0. The van der Waals surface area contributed by atoms with Crippen molar-refractivity contribution in [2.75, 3.05) is 0 Å². The standard InChI is InChI=1S/C15H20N2/c1-2-13-10-14(12-17-11-13)6-9-15(16)7-4-3-5-8-15/h10-12H,2-5,7-8,16H2,1H3. The molecular weight excluding hydrogens is 208 g/mol. The lowest BCUT2D eigenvalue weighted by molar-refractivity contribution is 0.370. The average molecular weight is 228 g/mol. The lowest BCUT2D eigenvalue weighted by Crippen LogP contribution is -2.40. The third-order valence-electron chi connectivity index (χ3n) is 3.40. The van der Waals surface area contributed by atoms with E-state index in [4.69, 9.17) is 5.73 Å². The number of nitrogens with two attached hydrogens (primary N) is 1. The van der Waals surface area contributed by atoms with Crippen molar-refractivity contribution in [3.63, 3.8) is 0 Å². The van der Waals surface area contributed by atoms with Crippen molar-refractivity contribution < 1.29 is 0 Å². The number of aryl methyl sites for hydroxylation is 1. The third kappa shape index (κ3) is 3.31. The van der Waals surface area contributed by atoms with Gasteiger partial charge < -0.3 is 5.73 Å². The van der Waals surface area contributed by atoms with E-state index < -0.39 is 0 Å². The van der Waals surface area contributed by atoms with Crippen LogP contribution in [0.25, 0.3) is 0 Å². The molecule has 0 radical (unpaired) electrons. The molecule has 2 N–H and O–H groups in total. The minimum absolute atomic E-state index is 0.263. The van der Waals surface area contributed by atoms with Crippen LogP contribution < -0.4 is 5.73 Å². The van der Waals surface area contributed by atoms with Gasteiger partial charge in [0.15, 0.2) is 0 Å². The summed E-state index contributed by atoms with van der Waals surface area (Å²) in [5, 5.41) is 0. The Morgan fingerprint density at radius 3 is 2.76 bits per heavy atom. The van der Waals surface area contributed by atoms with Crippen molar-refractivity contribution in [2.45, 2.75) is 51.0 Å². The van der Waals surface area contributed by atoms with Gasteiger partial charge in [0.05, 0.1) is 5.54 Å². The summed E-state index contributed by atoms with van der Waals surface area (Å²) < 4.78 is 0. The van der Waals surface area contributed by atoms with Gasteiger partial charge in [0.2, 0.25) is 0 Å². The zero-order valence-corrected chi connectivity index (χ0v) is 10.5. The second-order valence-electron chi connectivity index (χ2n) is 4.90. The Morgan fingerprint density at radius 2 is 2.06 bits per heavy atom. The quantitative estimate of drug-likeness (QED) is 0.750. The van der Waals surface area contributed by atoms with Crippen LogP contribution in [0.4, 0.5) is 0 Å². The van der Waals surface area contributed by atoms with Crippen LogP contribution in [0.2, 0.25) is 0 Å². The number of hydrogen-bond donors (Lipinski definition) is 1. The van der Waals surface area contributed by atoms with Crippen LogP contribution in [0.3, 0.4) is 0 Å². The summed E-state index contributed by atoms with van der Waals surface area (Å²) in [6, 6.07) is 2.10. The van der Waals surface area contributed by atoms with Crippen LogP contribution in [0.1, 0.15) is 50.2 Å². The Bertz CT molecular complexity index is 434. The van der Waals surface area contributed by atoms with Gasteiger partial charge in [-0.05, 0) is 30.9 Å². The molecule has 1 aliphatic carbocycles. The number of nitrogens with zero attached hydrogens (tertiary/aromatic N) is 1. The van der Waals surface area contributed by atoms with Gasteiger partial charge in [0, 0.05) is 18.0 Å². The Kier molecular flexibility index (Phi) is 3.81. The zero-order chi connectivity index (χ0) is 12.1. The van der Waals surface area contributed by atoms with Crippen molar-refractivity contribution in [3.05, 3.63) is 29.6 Å². The van der Waals surface area contributed by atoms with Gasteiger partial charge in [0.1, 0.15) is 0 Å². The lowest BCUT2D eigenvalue weighted by atomic mass is 9.83. The third-order valence-corrected chi connectivity index (χ3v) is 3.40. The van der Waals surface area contributed by atoms with Gasteiger partial charge in [0.25, 0.3) is 0 Å². The number of pyridine rings is 1. The molecule has 0 amide bonds. The molecule has 1 fully saturated rings. The number of aromatic nitrogens is 1. The van der Waals surface area contributed by atoms with E-state index in [0.29, 0.717) is 0 Å². The Balaban J connectivity index is 2.14. The molecule has 0 aliphatic heterocycles. The molecule has 0 aromatic carbocycles. The maximum Gasteiger partial charge on any atom is 0.0779 e. The highest BCUT2D eigenvalue weighted by atomic mass is 14.7.